The van der Waals surface area contributed by atoms with E-state index in [-0.39, 0.29) is 6.61 Å². The van der Waals surface area contributed by atoms with Crippen LogP contribution in [0.3, 0.4) is 0 Å². The highest BCUT2D eigenvalue weighted by Crippen LogP contribution is 2.36. The van der Waals surface area contributed by atoms with E-state index in [0.717, 1.165) is 0 Å². The van der Waals surface area contributed by atoms with Crippen molar-refractivity contribution in [2.45, 2.75) is 6.92 Å². The molecule has 0 aliphatic heterocycles. The van der Waals surface area contributed by atoms with Crippen LogP contribution in [-0.4, -0.2) is 17.4 Å². The van der Waals surface area contributed by atoms with Crippen molar-refractivity contribution in [3.05, 3.63) is 12.7 Å². The van der Waals surface area contributed by atoms with Crippen LogP contribution in [-0.2, 0) is 21.1 Å². The van der Waals surface area contributed by atoms with Crippen LogP contribution in [0.25, 0.3) is 0 Å². The van der Waals surface area contributed by atoms with E-state index in [2.05, 4.69) is 23.5 Å². The smallest absolute Gasteiger partial charge is 0.287 e. The summed E-state index contributed by atoms with van der Waals surface area (Å²) in [4.78, 5) is 19.5. The summed E-state index contributed by atoms with van der Waals surface area (Å²) in [7, 11) is 0. The molecular formula is C5H10NO3PS. The first-order chi connectivity index (χ1) is 4.98. The normalized spacial score (nSPS) is 15.1. The summed E-state index contributed by atoms with van der Waals surface area (Å²) in [5.41, 5.74) is 0. The summed E-state index contributed by atoms with van der Waals surface area (Å²) >= 11 is 4.55. The van der Waals surface area contributed by atoms with Gasteiger partial charge in [-0.1, -0.05) is 6.08 Å². The van der Waals surface area contributed by atoms with Gasteiger partial charge in [0.05, 0.1) is 6.61 Å². The van der Waals surface area contributed by atoms with Gasteiger partial charge >= 0.3 is 0 Å². The first kappa shape index (κ1) is 10.8. The van der Waals surface area contributed by atoms with Gasteiger partial charge in [0.1, 0.15) is 0 Å². The van der Waals surface area contributed by atoms with Crippen LogP contribution in [0.15, 0.2) is 12.7 Å². The molecule has 4 nitrogen and oxygen atoms in total. The first-order valence-corrected chi connectivity index (χ1v) is 5.52. The molecule has 1 amide bonds. The van der Waals surface area contributed by atoms with Gasteiger partial charge in [-0.2, -0.15) is 0 Å². The van der Waals surface area contributed by atoms with Gasteiger partial charge in [-0.3, -0.25) is 9.88 Å². The Balaban J connectivity index is 3.90. The minimum Gasteiger partial charge on any atom is -0.329 e. The van der Waals surface area contributed by atoms with Crippen molar-refractivity contribution in [1.82, 2.24) is 5.09 Å². The second-order valence-electron chi connectivity index (χ2n) is 1.77. The van der Waals surface area contributed by atoms with Crippen LogP contribution in [0.4, 0.5) is 0 Å². The quantitative estimate of drug-likeness (QED) is 0.508. The van der Waals surface area contributed by atoms with Crippen molar-refractivity contribution in [3.8, 4) is 0 Å². The number of hydrogen-bond donors (Lipinski definition) is 2. The van der Waals surface area contributed by atoms with Crippen molar-refractivity contribution in [3.63, 3.8) is 0 Å². The van der Waals surface area contributed by atoms with Crippen LogP contribution in [0.1, 0.15) is 6.92 Å². The van der Waals surface area contributed by atoms with Gasteiger partial charge in [0, 0.05) is 6.92 Å². The molecule has 0 aliphatic rings. The van der Waals surface area contributed by atoms with E-state index < -0.39 is 12.5 Å². The molecule has 1 unspecified atom stereocenters. The van der Waals surface area contributed by atoms with Gasteiger partial charge in [0.25, 0.3) is 6.64 Å². The van der Waals surface area contributed by atoms with Crippen molar-refractivity contribution in [1.29, 1.82) is 0 Å². The lowest BCUT2D eigenvalue weighted by atomic mass is 10.7. The van der Waals surface area contributed by atoms with Gasteiger partial charge < -0.3 is 9.42 Å². The van der Waals surface area contributed by atoms with Crippen LogP contribution in [0.5, 0.6) is 0 Å². The second-order valence-corrected chi connectivity index (χ2v) is 4.78. The SMILES string of the molecule is C=CCOP(O)(=S)NC(C)=O. The lowest BCUT2D eigenvalue weighted by molar-refractivity contribution is -0.117. The maximum Gasteiger partial charge on any atom is 0.287 e. The molecule has 0 aliphatic carbocycles. The highest BCUT2D eigenvalue weighted by Gasteiger charge is 2.13. The fourth-order valence-electron chi connectivity index (χ4n) is 0.385. The minimum atomic E-state index is -3.10. The number of hydrogen-bond acceptors (Lipinski definition) is 3. The fraction of sp³-hybridized carbons (Fsp3) is 0.400. The third kappa shape index (κ3) is 6.19. The van der Waals surface area contributed by atoms with Crippen LogP contribution < -0.4 is 5.09 Å². The predicted octanol–water partition coefficient (Wildman–Crippen LogP) is 0.542. The molecule has 64 valence electrons. The highest BCUT2D eigenvalue weighted by molar-refractivity contribution is 8.08. The summed E-state index contributed by atoms with van der Waals surface area (Å²) in [5.74, 6) is -0.403. The van der Waals surface area contributed by atoms with Crippen molar-refractivity contribution < 1.29 is 14.2 Å². The summed E-state index contributed by atoms with van der Waals surface area (Å²) in [6, 6.07) is 0. The summed E-state index contributed by atoms with van der Waals surface area (Å²) < 4.78 is 4.72. The number of carbonyl (C=O) groups excluding carboxylic acids is 1. The predicted molar refractivity (Wildman–Crippen MR) is 46.5 cm³/mol. The third-order valence-corrected chi connectivity index (χ3v) is 2.35. The molecule has 0 heterocycles. The standard InChI is InChI=1S/C5H10NO3PS/c1-3-4-9-10(8,11)6-5(2)7/h3H,1,4H2,2H3,(H2,6,7,8,11). The molecule has 11 heavy (non-hydrogen) atoms. The van der Waals surface area contributed by atoms with E-state index in [1.54, 1.807) is 0 Å². The average Bonchev–Trinajstić information content (AvgIpc) is 1.81. The lowest BCUT2D eigenvalue weighted by Gasteiger charge is -2.13. The Hall–Kier alpha value is -0.220. The van der Waals surface area contributed by atoms with Crippen LogP contribution >= 0.6 is 6.64 Å². The van der Waals surface area contributed by atoms with Gasteiger partial charge in [0.2, 0.25) is 5.91 Å². The molecule has 0 saturated heterocycles. The average molecular weight is 195 g/mol. The fourth-order valence-corrected chi connectivity index (χ4v) is 1.72. The van der Waals surface area contributed by atoms with Gasteiger partial charge in [-0.05, 0) is 11.8 Å². The van der Waals surface area contributed by atoms with Gasteiger partial charge in [0.15, 0.2) is 0 Å². The molecule has 0 fully saturated rings. The maximum absolute atomic E-state index is 10.4. The molecule has 6 heteroatoms. The zero-order chi connectivity index (χ0) is 8.91. The summed E-state index contributed by atoms with van der Waals surface area (Å²) in [6.45, 7) is 1.65. The minimum absolute atomic E-state index is 0.133. The maximum atomic E-state index is 10.4. The first-order valence-electron chi connectivity index (χ1n) is 2.85. The number of rotatable bonds is 4. The molecule has 0 aromatic heterocycles. The van der Waals surface area contributed by atoms with Crippen molar-refractivity contribution in [2.24, 2.45) is 0 Å². The molecule has 0 radical (unpaired) electrons. The Morgan fingerprint density at radius 2 is 2.55 bits per heavy atom. The topological polar surface area (TPSA) is 58.6 Å². The molecule has 0 spiro atoms. The van der Waals surface area contributed by atoms with E-state index in [9.17, 15) is 4.79 Å². The zero-order valence-corrected chi connectivity index (χ0v) is 7.82. The lowest BCUT2D eigenvalue weighted by Crippen LogP contribution is -2.17. The van der Waals surface area contributed by atoms with E-state index >= 15 is 0 Å². The molecule has 0 saturated carbocycles. The zero-order valence-electron chi connectivity index (χ0n) is 6.11. The van der Waals surface area contributed by atoms with Crippen LogP contribution in [0.2, 0.25) is 0 Å². The molecular weight excluding hydrogens is 185 g/mol. The Morgan fingerprint density at radius 3 is 2.91 bits per heavy atom. The van der Waals surface area contributed by atoms with Crippen LogP contribution in [0, 0.1) is 0 Å². The molecule has 0 rings (SSSR count). The Morgan fingerprint density at radius 1 is 2.00 bits per heavy atom. The second kappa shape index (κ2) is 4.62. The van der Waals surface area contributed by atoms with E-state index in [4.69, 9.17) is 9.42 Å². The molecule has 0 bridgehead atoms. The van der Waals surface area contributed by atoms with Crippen molar-refractivity contribution >= 4 is 24.4 Å². The van der Waals surface area contributed by atoms with Crippen molar-refractivity contribution in [2.75, 3.05) is 6.61 Å². The monoisotopic (exact) mass is 195 g/mol. The van der Waals surface area contributed by atoms with E-state index in [1.165, 1.54) is 13.0 Å². The summed E-state index contributed by atoms with van der Waals surface area (Å²) in [6.07, 6.45) is 1.44. The van der Waals surface area contributed by atoms with E-state index in [0.29, 0.717) is 0 Å². The highest BCUT2D eigenvalue weighted by atomic mass is 32.5. The number of nitrogens with one attached hydrogen (secondary N) is 1. The number of carbonyl (C=O) groups is 1. The third-order valence-electron chi connectivity index (χ3n) is 0.666. The van der Waals surface area contributed by atoms with E-state index in [1.807, 2.05) is 0 Å². The Bertz CT molecular complexity index is 206. The largest absolute Gasteiger partial charge is 0.329 e. The van der Waals surface area contributed by atoms with Gasteiger partial charge in [-0.15, -0.1) is 6.58 Å². The van der Waals surface area contributed by atoms with Gasteiger partial charge in [-0.25, -0.2) is 0 Å². The number of amides is 1. The molecule has 0 aromatic rings. The summed E-state index contributed by atoms with van der Waals surface area (Å²) in [5, 5.41) is 2.13. The molecule has 0 aromatic carbocycles. The Kier molecular flexibility index (Phi) is 4.52. The molecule has 1 atom stereocenters. The Labute approximate surface area is 70.5 Å². The molecule has 2 N–H and O–H groups in total.